The first-order valence-corrected chi connectivity index (χ1v) is 8.31. The minimum absolute atomic E-state index is 0.262. The van der Waals surface area contributed by atoms with Crippen LogP contribution in [0.15, 0.2) is 73.1 Å². The Labute approximate surface area is 151 Å². The molecule has 0 bridgehead atoms. The number of hydrogen-bond donors (Lipinski definition) is 2. The van der Waals surface area contributed by atoms with Crippen molar-refractivity contribution in [1.29, 1.82) is 0 Å². The summed E-state index contributed by atoms with van der Waals surface area (Å²) >= 11 is 0. The highest BCUT2D eigenvalue weighted by atomic mass is 16.3. The third kappa shape index (κ3) is 3.22. The van der Waals surface area contributed by atoms with Gasteiger partial charge < -0.3 is 19.9 Å². The quantitative estimate of drug-likeness (QED) is 0.762. The number of anilines is 1. The first kappa shape index (κ1) is 16.1. The van der Waals surface area contributed by atoms with E-state index in [9.17, 15) is 9.90 Å². The zero-order chi connectivity index (χ0) is 17.9. The van der Waals surface area contributed by atoms with Crippen molar-refractivity contribution in [1.82, 2.24) is 14.5 Å². The maximum Gasteiger partial charge on any atom is 0.275 e. The maximum absolute atomic E-state index is 12.4. The molecule has 6 heteroatoms. The average molecular weight is 346 g/mol. The molecular weight excluding hydrogens is 328 g/mol. The summed E-state index contributed by atoms with van der Waals surface area (Å²) in [6, 6.07) is 18.7. The topological polar surface area (TPSA) is 70.4 Å². The third-order valence-corrected chi connectivity index (χ3v) is 4.21. The minimum atomic E-state index is -0.760. The number of fused-ring (bicyclic) bond motifs is 1. The molecule has 1 unspecified atom stereocenters. The van der Waals surface area contributed by atoms with Gasteiger partial charge in [-0.2, -0.15) is 0 Å². The van der Waals surface area contributed by atoms with E-state index in [1.165, 1.54) is 0 Å². The molecule has 130 valence electrons. The van der Waals surface area contributed by atoms with Gasteiger partial charge in [-0.15, -0.1) is 0 Å². The van der Waals surface area contributed by atoms with E-state index in [4.69, 9.17) is 0 Å². The van der Waals surface area contributed by atoms with Crippen LogP contribution < -0.4 is 5.32 Å². The number of carbonyl (C=O) groups excluding carboxylic acids is 1. The normalized spacial score (nSPS) is 14.0. The number of aliphatic hydroxyl groups is 1. The highest BCUT2D eigenvalue weighted by Crippen LogP contribution is 2.23. The van der Waals surface area contributed by atoms with Crippen LogP contribution in [0.2, 0.25) is 0 Å². The predicted octanol–water partition coefficient (Wildman–Crippen LogP) is 3.07. The molecule has 1 aliphatic rings. The summed E-state index contributed by atoms with van der Waals surface area (Å²) in [5.41, 5.74) is 1.87. The van der Waals surface area contributed by atoms with Crippen molar-refractivity contribution >= 4 is 17.7 Å². The number of amides is 1. The number of nitrogens with zero attached hydrogens (tertiary/aromatic N) is 3. The van der Waals surface area contributed by atoms with Crippen molar-refractivity contribution in [3.8, 4) is 0 Å². The number of rotatable bonds is 4. The van der Waals surface area contributed by atoms with E-state index < -0.39 is 6.23 Å². The van der Waals surface area contributed by atoms with Crippen molar-refractivity contribution in [3.05, 3.63) is 90.1 Å². The van der Waals surface area contributed by atoms with Gasteiger partial charge in [0.1, 0.15) is 11.5 Å². The molecule has 0 fully saturated rings. The molecule has 1 aliphatic heterocycles. The lowest BCUT2D eigenvalue weighted by Crippen LogP contribution is -2.28. The van der Waals surface area contributed by atoms with Crippen LogP contribution in [-0.4, -0.2) is 25.5 Å². The molecule has 0 saturated heterocycles. The second-order valence-corrected chi connectivity index (χ2v) is 6.03. The minimum Gasteiger partial charge on any atom is -0.369 e. The lowest BCUT2D eigenvalue weighted by atomic mass is 10.2. The summed E-state index contributed by atoms with van der Waals surface area (Å²) in [5, 5.41) is 13.4. The molecule has 4 rings (SSSR count). The molecule has 2 aromatic carbocycles. The maximum atomic E-state index is 12.4. The van der Waals surface area contributed by atoms with Crippen molar-refractivity contribution in [2.45, 2.75) is 12.9 Å². The third-order valence-electron chi connectivity index (χ3n) is 4.21. The first-order valence-electron chi connectivity index (χ1n) is 8.31. The molecular formula is C20H18N4O2. The van der Waals surface area contributed by atoms with Crippen molar-refractivity contribution < 1.29 is 9.90 Å². The lowest BCUT2D eigenvalue weighted by Gasteiger charge is -2.29. The fourth-order valence-electron chi connectivity index (χ4n) is 2.86. The van der Waals surface area contributed by atoms with Crippen LogP contribution in [0.4, 0.5) is 5.69 Å². The Balaban J connectivity index is 1.49. The van der Waals surface area contributed by atoms with Gasteiger partial charge in [-0.1, -0.05) is 48.5 Å². The van der Waals surface area contributed by atoms with Crippen LogP contribution >= 0.6 is 0 Å². The van der Waals surface area contributed by atoms with E-state index in [1.807, 2.05) is 65.2 Å². The number of aliphatic hydroxyl groups excluding tert-OH is 1. The van der Waals surface area contributed by atoms with Crippen LogP contribution in [0.1, 0.15) is 28.1 Å². The van der Waals surface area contributed by atoms with Gasteiger partial charge in [-0.3, -0.25) is 4.79 Å². The summed E-state index contributed by atoms with van der Waals surface area (Å²) in [5.74, 6) is 0.418. The van der Waals surface area contributed by atoms with Gasteiger partial charge in [0.15, 0.2) is 6.23 Å². The standard InChI is InChI=1S/C20H18N4O2/c25-19(21-16-9-5-2-6-10-16)17-13-24-14-23(12-11-18(24)22-17)20(26)15-7-3-1-4-8-15/h1-13,20,26H,14H2,(H,21,25). The zero-order valence-electron chi connectivity index (χ0n) is 14.0. The van der Waals surface area contributed by atoms with Crippen LogP contribution in [0.25, 0.3) is 6.08 Å². The largest absolute Gasteiger partial charge is 0.369 e. The molecule has 3 aromatic rings. The summed E-state index contributed by atoms with van der Waals surface area (Å²) in [4.78, 5) is 18.5. The Morgan fingerprint density at radius 2 is 1.77 bits per heavy atom. The molecule has 0 saturated carbocycles. The van der Waals surface area contributed by atoms with E-state index in [1.54, 1.807) is 23.4 Å². The second-order valence-electron chi connectivity index (χ2n) is 6.03. The van der Waals surface area contributed by atoms with Gasteiger partial charge >= 0.3 is 0 Å². The number of hydrogen-bond acceptors (Lipinski definition) is 4. The fourth-order valence-corrected chi connectivity index (χ4v) is 2.86. The molecule has 0 spiro atoms. The van der Waals surface area contributed by atoms with E-state index >= 15 is 0 Å². The van der Waals surface area contributed by atoms with Crippen molar-refractivity contribution in [2.75, 3.05) is 5.32 Å². The Kier molecular flexibility index (Phi) is 4.25. The van der Waals surface area contributed by atoms with Gasteiger partial charge in [0.05, 0.1) is 6.67 Å². The summed E-state index contributed by atoms with van der Waals surface area (Å²) in [6.45, 7) is 0.410. The highest BCUT2D eigenvalue weighted by molar-refractivity contribution is 6.02. The highest BCUT2D eigenvalue weighted by Gasteiger charge is 2.21. The Bertz CT molecular complexity index is 935. The number of carbonyl (C=O) groups is 1. The lowest BCUT2D eigenvalue weighted by molar-refractivity contribution is 0.0156. The van der Waals surface area contributed by atoms with Gasteiger partial charge in [0, 0.05) is 23.6 Å². The summed E-state index contributed by atoms with van der Waals surface area (Å²) in [7, 11) is 0. The molecule has 1 aromatic heterocycles. The summed E-state index contributed by atoms with van der Waals surface area (Å²) in [6.07, 6.45) is 4.51. The van der Waals surface area contributed by atoms with Crippen molar-refractivity contribution in [3.63, 3.8) is 0 Å². The second kappa shape index (κ2) is 6.85. The zero-order valence-corrected chi connectivity index (χ0v) is 14.0. The number of nitrogens with one attached hydrogen (secondary N) is 1. The number of benzene rings is 2. The Hall–Kier alpha value is -3.38. The molecule has 1 amide bonds. The molecule has 6 nitrogen and oxygen atoms in total. The molecule has 2 heterocycles. The van der Waals surface area contributed by atoms with Crippen molar-refractivity contribution in [2.24, 2.45) is 0 Å². The fraction of sp³-hybridized carbons (Fsp3) is 0.100. The first-order chi connectivity index (χ1) is 12.7. The van der Waals surface area contributed by atoms with E-state index in [0.29, 0.717) is 18.2 Å². The van der Waals surface area contributed by atoms with Crippen LogP contribution in [0.5, 0.6) is 0 Å². The molecule has 1 atom stereocenters. The average Bonchev–Trinajstić information content (AvgIpc) is 3.12. The number of aromatic nitrogens is 2. The summed E-state index contributed by atoms with van der Waals surface area (Å²) < 4.78 is 1.84. The van der Waals surface area contributed by atoms with Gasteiger partial charge in [0.25, 0.3) is 5.91 Å². The van der Waals surface area contributed by atoms with E-state index in [2.05, 4.69) is 10.3 Å². The van der Waals surface area contributed by atoms with Crippen LogP contribution in [0.3, 0.4) is 0 Å². The number of para-hydroxylation sites is 1. The van der Waals surface area contributed by atoms with Crippen LogP contribution in [0, 0.1) is 0 Å². The monoisotopic (exact) mass is 346 g/mol. The van der Waals surface area contributed by atoms with E-state index in [0.717, 1.165) is 11.3 Å². The predicted molar refractivity (Wildman–Crippen MR) is 98.9 cm³/mol. The number of imidazole rings is 1. The Morgan fingerprint density at radius 3 is 2.50 bits per heavy atom. The molecule has 26 heavy (non-hydrogen) atoms. The van der Waals surface area contributed by atoms with Crippen LogP contribution in [-0.2, 0) is 6.67 Å². The van der Waals surface area contributed by atoms with Gasteiger partial charge in [-0.25, -0.2) is 4.98 Å². The smallest absolute Gasteiger partial charge is 0.275 e. The van der Waals surface area contributed by atoms with E-state index in [-0.39, 0.29) is 5.91 Å². The Morgan fingerprint density at radius 1 is 1.08 bits per heavy atom. The van der Waals surface area contributed by atoms with Gasteiger partial charge in [-0.05, 0) is 18.2 Å². The molecule has 0 radical (unpaired) electrons. The molecule has 0 aliphatic carbocycles. The molecule has 2 N–H and O–H groups in total. The SMILES string of the molecule is O=C(Nc1ccccc1)c1cn2c(n1)C=CN(C(O)c1ccccc1)C2. The van der Waals surface area contributed by atoms with Gasteiger partial charge in [0.2, 0.25) is 0 Å².